The van der Waals surface area contributed by atoms with Gasteiger partial charge in [-0.25, -0.2) is 4.98 Å². The number of carbonyl (C=O) groups is 1. The van der Waals surface area contributed by atoms with E-state index >= 15 is 0 Å². The van der Waals surface area contributed by atoms with Crippen molar-refractivity contribution in [2.75, 3.05) is 5.32 Å². The Morgan fingerprint density at radius 1 is 1.17 bits per heavy atom. The lowest BCUT2D eigenvalue weighted by Crippen LogP contribution is -2.14. The van der Waals surface area contributed by atoms with E-state index in [2.05, 4.69) is 37.0 Å². The number of aryl methyl sites for hydroxylation is 1. The van der Waals surface area contributed by atoms with Gasteiger partial charge >= 0.3 is 0 Å². The number of nitrogens with zero attached hydrogens (tertiary/aromatic N) is 6. The van der Waals surface area contributed by atoms with Gasteiger partial charge in [0.05, 0.1) is 17.7 Å². The molecule has 8 heteroatoms. The first-order chi connectivity index (χ1) is 14.7. The SMILES string of the molecule is CCc1cn(-c2ccnc(C(=O)Nc3cccc(-c4nncn4C4CC4)c3)c2)cn1. The molecule has 1 amide bonds. The molecule has 0 saturated heterocycles. The fourth-order valence-corrected chi connectivity index (χ4v) is 3.39. The molecule has 1 aliphatic carbocycles. The minimum atomic E-state index is -0.270. The molecule has 30 heavy (non-hydrogen) atoms. The number of imidazole rings is 1. The molecule has 8 nitrogen and oxygen atoms in total. The largest absolute Gasteiger partial charge is 0.321 e. The van der Waals surface area contributed by atoms with Gasteiger partial charge < -0.3 is 14.5 Å². The molecule has 0 aliphatic heterocycles. The van der Waals surface area contributed by atoms with Crippen LogP contribution < -0.4 is 5.32 Å². The molecule has 0 spiro atoms. The van der Waals surface area contributed by atoms with Crippen LogP contribution in [0.3, 0.4) is 0 Å². The molecule has 0 unspecified atom stereocenters. The van der Waals surface area contributed by atoms with E-state index in [1.807, 2.05) is 41.1 Å². The Kier molecular flexibility index (Phi) is 4.59. The van der Waals surface area contributed by atoms with Crippen LogP contribution in [-0.4, -0.2) is 35.2 Å². The van der Waals surface area contributed by atoms with Gasteiger partial charge in [-0.05, 0) is 43.5 Å². The van der Waals surface area contributed by atoms with Gasteiger partial charge in [0.25, 0.3) is 5.91 Å². The Morgan fingerprint density at radius 2 is 2.07 bits per heavy atom. The lowest BCUT2D eigenvalue weighted by atomic mass is 10.2. The fourth-order valence-electron chi connectivity index (χ4n) is 3.39. The Morgan fingerprint density at radius 3 is 2.87 bits per heavy atom. The molecule has 1 aromatic carbocycles. The number of benzene rings is 1. The fraction of sp³-hybridized carbons (Fsp3) is 0.227. The highest BCUT2D eigenvalue weighted by Gasteiger charge is 2.26. The monoisotopic (exact) mass is 399 g/mol. The molecule has 1 saturated carbocycles. The van der Waals surface area contributed by atoms with Crippen LogP contribution >= 0.6 is 0 Å². The van der Waals surface area contributed by atoms with Crippen molar-refractivity contribution in [2.24, 2.45) is 0 Å². The summed E-state index contributed by atoms with van der Waals surface area (Å²) in [5.41, 5.74) is 3.78. The molecule has 1 aliphatic rings. The first-order valence-electron chi connectivity index (χ1n) is 10.0. The number of nitrogens with one attached hydrogen (secondary N) is 1. The van der Waals surface area contributed by atoms with Crippen molar-refractivity contribution in [1.29, 1.82) is 0 Å². The van der Waals surface area contributed by atoms with E-state index < -0.39 is 0 Å². The maximum absolute atomic E-state index is 12.8. The second-order valence-corrected chi connectivity index (χ2v) is 7.35. The van der Waals surface area contributed by atoms with Gasteiger partial charge in [-0.2, -0.15) is 0 Å². The highest BCUT2D eigenvalue weighted by Crippen LogP contribution is 2.37. The standard InChI is InChI=1S/C22H21N7O/c1-2-16-12-28(13-24-16)19-8-9-23-20(11-19)22(30)26-17-5-3-4-15(10-17)21-27-25-14-29(21)18-6-7-18/h3-5,8-14,18H,2,6-7H2,1H3,(H,26,30). The smallest absolute Gasteiger partial charge is 0.274 e. The zero-order valence-corrected chi connectivity index (χ0v) is 16.6. The number of aromatic nitrogens is 6. The van der Waals surface area contributed by atoms with Crippen molar-refractivity contribution >= 4 is 11.6 Å². The molecule has 1 N–H and O–H groups in total. The molecule has 4 aromatic rings. The van der Waals surface area contributed by atoms with Crippen LogP contribution in [0, 0.1) is 0 Å². The minimum Gasteiger partial charge on any atom is -0.321 e. The van der Waals surface area contributed by atoms with Crippen molar-refractivity contribution in [3.05, 3.63) is 72.8 Å². The van der Waals surface area contributed by atoms with Crippen molar-refractivity contribution in [1.82, 2.24) is 29.3 Å². The van der Waals surface area contributed by atoms with Crippen LogP contribution in [0.4, 0.5) is 5.69 Å². The summed E-state index contributed by atoms with van der Waals surface area (Å²) in [5.74, 6) is 0.550. The highest BCUT2D eigenvalue weighted by atomic mass is 16.1. The Labute approximate surface area is 173 Å². The van der Waals surface area contributed by atoms with Gasteiger partial charge in [0.2, 0.25) is 0 Å². The van der Waals surface area contributed by atoms with Crippen LogP contribution in [-0.2, 0) is 6.42 Å². The zero-order valence-electron chi connectivity index (χ0n) is 16.6. The number of rotatable bonds is 6. The zero-order chi connectivity index (χ0) is 20.5. The van der Waals surface area contributed by atoms with E-state index in [1.165, 1.54) is 0 Å². The van der Waals surface area contributed by atoms with Crippen LogP contribution in [0.25, 0.3) is 17.1 Å². The van der Waals surface area contributed by atoms with E-state index in [0.29, 0.717) is 17.4 Å². The van der Waals surface area contributed by atoms with Crippen molar-refractivity contribution in [3.8, 4) is 17.1 Å². The third-order valence-electron chi connectivity index (χ3n) is 5.16. The first kappa shape index (κ1) is 18.2. The third-order valence-corrected chi connectivity index (χ3v) is 5.16. The molecule has 0 bridgehead atoms. The Hall–Kier alpha value is -3.81. The molecular formula is C22H21N7O. The van der Waals surface area contributed by atoms with Crippen molar-refractivity contribution in [3.63, 3.8) is 0 Å². The van der Waals surface area contributed by atoms with E-state index in [1.54, 1.807) is 24.9 Å². The van der Waals surface area contributed by atoms with Crippen LogP contribution in [0.5, 0.6) is 0 Å². The number of hydrogen-bond donors (Lipinski definition) is 1. The molecule has 150 valence electrons. The summed E-state index contributed by atoms with van der Waals surface area (Å²) >= 11 is 0. The van der Waals surface area contributed by atoms with Gasteiger partial charge in [0, 0.05) is 29.7 Å². The molecule has 3 heterocycles. The lowest BCUT2D eigenvalue weighted by Gasteiger charge is -2.09. The summed E-state index contributed by atoms with van der Waals surface area (Å²) < 4.78 is 3.99. The Bertz CT molecular complexity index is 1210. The number of carbonyl (C=O) groups excluding carboxylic acids is 1. The average Bonchev–Trinajstić information content (AvgIpc) is 3.30. The summed E-state index contributed by atoms with van der Waals surface area (Å²) in [6.45, 7) is 2.05. The van der Waals surface area contributed by atoms with E-state index in [9.17, 15) is 4.79 Å². The summed E-state index contributed by atoms with van der Waals surface area (Å²) in [5, 5.41) is 11.2. The third kappa shape index (κ3) is 3.59. The van der Waals surface area contributed by atoms with E-state index in [0.717, 1.165) is 42.0 Å². The summed E-state index contributed by atoms with van der Waals surface area (Å²) in [4.78, 5) is 21.4. The predicted octanol–water partition coefficient (Wildman–Crippen LogP) is 3.68. The van der Waals surface area contributed by atoms with Gasteiger partial charge in [-0.1, -0.05) is 19.1 Å². The number of hydrogen-bond acceptors (Lipinski definition) is 5. The lowest BCUT2D eigenvalue weighted by molar-refractivity contribution is 0.102. The molecule has 0 atom stereocenters. The van der Waals surface area contributed by atoms with Crippen LogP contribution in [0.15, 0.2) is 61.4 Å². The van der Waals surface area contributed by atoms with Gasteiger partial charge in [-0.3, -0.25) is 9.78 Å². The maximum Gasteiger partial charge on any atom is 0.274 e. The van der Waals surface area contributed by atoms with Crippen molar-refractivity contribution in [2.45, 2.75) is 32.2 Å². The van der Waals surface area contributed by atoms with Crippen LogP contribution in [0.2, 0.25) is 0 Å². The molecular weight excluding hydrogens is 378 g/mol. The second-order valence-electron chi connectivity index (χ2n) is 7.35. The quantitative estimate of drug-likeness (QED) is 0.534. The van der Waals surface area contributed by atoms with Crippen molar-refractivity contribution < 1.29 is 4.79 Å². The summed E-state index contributed by atoms with van der Waals surface area (Å²) in [6, 6.07) is 11.7. The first-order valence-corrected chi connectivity index (χ1v) is 10.0. The van der Waals surface area contributed by atoms with Gasteiger partial charge in [-0.15, -0.1) is 10.2 Å². The summed E-state index contributed by atoms with van der Waals surface area (Å²) in [6.07, 6.45) is 10.3. The minimum absolute atomic E-state index is 0.270. The van der Waals surface area contributed by atoms with Crippen LogP contribution in [0.1, 0.15) is 42.0 Å². The average molecular weight is 399 g/mol. The maximum atomic E-state index is 12.8. The van der Waals surface area contributed by atoms with Gasteiger partial charge in [0.1, 0.15) is 12.0 Å². The van der Waals surface area contributed by atoms with Gasteiger partial charge in [0.15, 0.2) is 5.82 Å². The predicted molar refractivity (Wildman–Crippen MR) is 112 cm³/mol. The molecule has 3 aromatic heterocycles. The molecule has 5 rings (SSSR count). The normalized spacial score (nSPS) is 13.4. The van der Waals surface area contributed by atoms with E-state index in [-0.39, 0.29) is 5.91 Å². The number of anilines is 1. The number of pyridine rings is 1. The topological polar surface area (TPSA) is 90.5 Å². The molecule has 0 radical (unpaired) electrons. The molecule has 1 fully saturated rings. The number of amides is 1. The second kappa shape index (κ2) is 7.55. The highest BCUT2D eigenvalue weighted by molar-refractivity contribution is 6.03. The summed E-state index contributed by atoms with van der Waals surface area (Å²) in [7, 11) is 0. The Balaban J connectivity index is 1.37. The van der Waals surface area contributed by atoms with E-state index in [4.69, 9.17) is 0 Å².